The normalized spacial score (nSPS) is 11.6. The number of halogens is 1. The number of rotatable bonds is 3. The lowest BCUT2D eigenvalue weighted by Crippen LogP contribution is -2.05. The Labute approximate surface area is 147 Å². The number of aromatic nitrogens is 3. The summed E-state index contributed by atoms with van der Waals surface area (Å²) in [5, 5.41) is 1.10. The number of fused-ring (bicyclic) bond motifs is 1. The van der Waals surface area contributed by atoms with Crippen LogP contribution in [-0.2, 0) is 9.73 Å². The number of pyridine rings is 1. The average Bonchev–Trinajstić information content (AvgIpc) is 2.50. The number of nitrogens with one attached hydrogen (secondary N) is 1. The van der Waals surface area contributed by atoms with E-state index in [1.165, 1.54) is 18.0 Å². The third kappa shape index (κ3) is 3.95. The molecule has 24 heavy (non-hydrogen) atoms. The fourth-order valence-electron chi connectivity index (χ4n) is 1.97. The van der Waals surface area contributed by atoms with E-state index < -0.39 is 9.73 Å². The van der Waals surface area contributed by atoms with Crippen LogP contribution in [0.2, 0.25) is 5.02 Å². The zero-order valence-electron chi connectivity index (χ0n) is 12.8. The molecule has 6 nitrogen and oxygen atoms in total. The van der Waals surface area contributed by atoms with Crippen LogP contribution in [0.4, 0.5) is 5.69 Å². The van der Waals surface area contributed by atoms with Gasteiger partial charge in [-0.1, -0.05) is 29.4 Å². The highest BCUT2D eigenvalue weighted by Gasteiger charge is 2.10. The zero-order chi connectivity index (χ0) is 17.3. The van der Waals surface area contributed by atoms with Crippen LogP contribution < -0.4 is 5.56 Å². The molecule has 0 amide bonds. The van der Waals surface area contributed by atoms with Gasteiger partial charge in [-0.2, -0.15) is 4.36 Å². The van der Waals surface area contributed by atoms with E-state index in [-0.39, 0.29) is 5.56 Å². The predicted octanol–water partition coefficient (Wildman–Crippen LogP) is 3.48. The second-order valence-corrected chi connectivity index (χ2v) is 9.22. The molecule has 0 bridgehead atoms. The molecular weight excluding hydrogens is 368 g/mol. The largest absolute Gasteiger partial charge is 0.318 e. The molecule has 1 N–H and O–H groups in total. The van der Waals surface area contributed by atoms with Gasteiger partial charge < -0.3 is 4.98 Å². The van der Waals surface area contributed by atoms with Crippen LogP contribution in [0.15, 0.2) is 55.6 Å². The van der Waals surface area contributed by atoms with Gasteiger partial charge in [0, 0.05) is 27.1 Å². The fourth-order valence-corrected chi connectivity index (χ4v) is 3.76. The van der Waals surface area contributed by atoms with Crippen LogP contribution in [-0.4, -0.2) is 31.7 Å². The van der Waals surface area contributed by atoms with Crippen LogP contribution in [0.1, 0.15) is 0 Å². The van der Waals surface area contributed by atoms with Gasteiger partial charge in [-0.3, -0.25) is 4.79 Å². The molecule has 0 atom stereocenters. The van der Waals surface area contributed by atoms with E-state index in [1.807, 2.05) is 6.07 Å². The average molecular weight is 381 g/mol. The summed E-state index contributed by atoms with van der Waals surface area (Å²) in [6.45, 7) is 0. The summed E-state index contributed by atoms with van der Waals surface area (Å²) in [6.07, 6.45) is 4.30. The number of aromatic amines is 1. The molecule has 0 fully saturated rings. The first-order valence-corrected chi connectivity index (χ1v) is 10.3. The molecule has 0 saturated carbocycles. The molecule has 0 unspecified atom stereocenters. The second-order valence-electron chi connectivity index (χ2n) is 5.23. The molecule has 2 heterocycles. The Morgan fingerprint density at radius 3 is 2.79 bits per heavy atom. The molecular formula is C15H13ClN4O2S2. The lowest BCUT2D eigenvalue weighted by atomic mass is 10.3. The summed E-state index contributed by atoms with van der Waals surface area (Å²) in [6, 6.07) is 8.87. The van der Waals surface area contributed by atoms with Crippen LogP contribution in [0, 0.1) is 0 Å². The minimum atomic E-state index is -2.30. The third-order valence-corrected chi connectivity index (χ3v) is 5.03. The van der Waals surface area contributed by atoms with E-state index >= 15 is 0 Å². The van der Waals surface area contributed by atoms with Crippen molar-refractivity contribution in [3.8, 4) is 0 Å². The maximum Gasteiger partial charge on any atom is 0.266 e. The minimum Gasteiger partial charge on any atom is -0.318 e. The number of H-pyrrole nitrogens is 1. The minimum absolute atomic E-state index is 0.273. The summed E-state index contributed by atoms with van der Waals surface area (Å²) < 4.78 is 16.0. The van der Waals surface area contributed by atoms with Crippen molar-refractivity contribution in [2.75, 3.05) is 12.5 Å². The lowest BCUT2D eigenvalue weighted by Gasteiger charge is -2.07. The van der Waals surface area contributed by atoms with Crippen molar-refractivity contribution >= 4 is 49.9 Å². The number of benzene rings is 1. The number of hydrogen-bond acceptors (Lipinski definition) is 6. The van der Waals surface area contributed by atoms with Gasteiger partial charge in [0.1, 0.15) is 5.03 Å². The molecule has 3 rings (SSSR count). The van der Waals surface area contributed by atoms with Gasteiger partial charge in [0.2, 0.25) is 0 Å². The lowest BCUT2D eigenvalue weighted by molar-refractivity contribution is 0.684. The van der Waals surface area contributed by atoms with Crippen molar-refractivity contribution in [2.45, 2.75) is 9.92 Å². The van der Waals surface area contributed by atoms with Crippen LogP contribution in [0.25, 0.3) is 11.2 Å². The first-order valence-electron chi connectivity index (χ1n) is 6.81. The van der Waals surface area contributed by atoms with E-state index in [4.69, 9.17) is 11.6 Å². The van der Waals surface area contributed by atoms with Gasteiger partial charge in [0.05, 0.1) is 22.4 Å². The van der Waals surface area contributed by atoms with Crippen molar-refractivity contribution in [1.82, 2.24) is 15.0 Å². The molecule has 9 heteroatoms. The first-order chi connectivity index (χ1) is 11.3. The maximum atomic E-state index is 11.9. The summed E-state index contributed by atoms with van der Waals surface area (Å²) in [5.74, 6) is 0. The molecule has 1 aromatic carbocycles. The molecule has 0 aliphatic rings. The molecule has 0 aliphatic carbocycles. The molecule has 3 aromatic rings. The Balaban J connectivity index is 2.00. The summed E-state index contributed by atoms with van der Waals surface area (Å²) >= 11 is 7.72. The van der Waals surface area contributed by atoms with Crippen LogP contribution in [0.5, 0.6) is 0 Å². The second kappa shape index (κ2) is 6.54. The Morgan fingerprint density at radius 2 is 2.04 bits per heavy atom. The predicted molar refractivity (Wildman–Crippen MR) is 97.8 cm³/mol. The molecule has 0 spiro atoms. The van der Waals surface area contributed by atoms with Crippen molar-refractivity contribution < 1.29 is 4.21 Å². The van der Waals surface area contributed by atoms with Crippen molar-refractivity contribution in [2.24, 2.45) is 4.36 Å². The standard InChI is InChI=1S/C15H13ClN4O2S2/c1-24(2,22)20-9-4-3-5-11(14(9)16)23-13-7-6-10-15(19-13)17-8-12(21)18-10/h3-8H,1-2H3,(H,18,21). The quantitative estimate of drug-likeness (QED) is 0.751. The first kappa shape index (κ1) is 16.9. The smallest absolute Gasteiger partial charge is 0.266 e. The fraction of sp³-hybridized carbons (Fsp3) is 0.133. The SMILES string of the molecule is CS(C)(=O)=Nc1cccc(Sc2ccc3[nH]c(=O)cnc3n2)c1Cl. The summed E-state index contributed by atoms with van der Waals surface area (Å²) in [5.41, 5.74) is 1.23. The highest BCUT2D eigenvalue weighted by molar-refractivity contribution is 7.99. The van der Waals surface area contributed by atoms with E-state index in [9.17, 15) is 9.00 Å². The number of nitrogens with zero attached hydrogens (tertiary/aromatic N) is 3. The van der Waals surface area contributed by atoms with E-state index in [0.717, 1.165) is 4.90 Å². The molecule has 2 aromatic heterocycles. The Hall–Kier alpha value is -1.90. The number of hydrogen-bond donors (Lipinski definition) is 1. The van der Waals surface area contributed by atoms with Gasteiger partial charge in [0.15, 0.2) is 5.65 Å². The highest BCUT2D eigenvalue weighted by Crippen LogP contribution is 2.38. The zero-order valence-corrected chi connectivity index (χ0v) is 15.2. The topological polar surface area (TPSA) is 88.1 Å². The van der Waals surface area contributed by atoms with E-state index in [2.05, 4.69) is 19.3 Å². The Morgan fingerprint density at radius 1 is 1.25 bits per heavy atom. The third-order valence-electron chi connectivity index (χ3n) is 2.89. The van der Waals surface area contributed by atoms with Gasteiger partial charge in [-0.05, 0) is 24.3 Å². The van der Waals surface area contributed by atoms with Crippen molar-refractivity contribution in [3.05, 3.63) is 51.9 Å². The molecule has 0 aliphatic heterocycles. The van der Waals surface area contributed by atoms with E-state index in [1.54, 1.807) is 36.8 Å². The Bertz CT molecular complexity index is 1100. The van der Waals surface area contributed by atoms with Gasteiger partial charge in [-0.15, -0.1) is 0 Å². The van der Waals surface area contributed by atoms with Crippen LogP contribution in [0.3, 0.4) is 0 Å². The van der Waals surface area contributed by atoms with E-state index in [0.29, 0.717) is 26.9 Å². The van der Waals surface area contributed by atoms with Gasteiger partial charge >= 0.3 is 0 Å². The highest BCUT2D eigenvalue weighted by atomic mass is 35.5. The monoisotopic (exact) mass is 380 g/mol. The molecule has 0 saturated heterocycles. The summed E-state index contributed by atoms with van der Waals surface area (Å²) in [4.78, 5) is 23.1. The van der Waals surface area contributed by atoms with Gasteiger partial charge in [-0.25, -0.2) is 14.2 Å². The Kier molecular flexibility index (Phi) is 4.62. The van der Waals surface area contributed by atoms with Crippen molar-refractivity contribution in [3.63, 3.8) is 0 Å². The van der Waals surface area contributed by atoms with Crippen molar-refractivity contribution in [1.29, 1.82) is 0 Å². The van der Waals surface area contributed by atoms with Gasteiger partial charge in [0.25, 0.3) is 5.56 Å². The summed E-state index contributed by atoms with van der Waals surface area (Å²) in [7, 11) is -2.30. The molecule has 124 valence electrons. The maximum absolute atomic E-state index is 11.9. The molecule has 0 radical (unpaired) electrons. The van der Waals surface area contributed by atoms with Crippen LogP contribution >= 0.6 is 23.4 Å².